The van der Waals surface area contributed by atoms with Crippen molar-refractivity contribution in [2.45, 2.75) is 25.6 Å². The molecule has 8 heteroatoms. The van der Waals surface area contributed by atoms with Crippen LogP contribution in [0, 0.1) is 5.92 Å². The summed E-state index contributed by atoms with van der Waals surface area (Å²) < 4.78 is 34.8. The van der Waals surface area contributed by atoms with Gasteiger partial charge in [-0.05, 0) is 12.8 Å². The highest BCUT2D eigenvalue weighted by atomic mass is 32.2. The van der Waals surface area contributed by atoms with Crippen LogP contribution >= 0.6 is 0 Å². The molecule has 0 radical (unpaired) electrons. The maximum Gasteiger partial charge on any atom is 0.223 e. The molecule has 0 aromatic carbocycles. The van der Waals surface area contributed by atoms with Gasteiger partial charge in [0, 0.05) is 32.0 Å². The predicted octanol–water partition coefficient (Wildman–Crippen LogP) is -0.463. The molecule has 116 valence electrons. The van der Waals surface area contributed by atoms with Gasteiger partial charge in [-0.15, -0.1) is 0 Å². The summed E-state index contributed by atoms with van der Waals surface area (Å²) in [5, 5.41) is 2.87. The van der Waals surface area contributed by atoms with Gasteiger partial charge in [-0.3, -0.25) is 4.79 Å². The highest BCUT2D eigenvalue weighted by Gasteiger charge is 2.28. The van der Waals surface area contributed by atoms with Crippen LogP contribution in [-0.2, 0) is 24.3 Å². The van der Waals surface area contributed by atoms with E-state index in [1.807, 2.05) is 0 Å². The topological polar surface area (TPSA) is 84.9 Å². The number of carbonyl (C=O) groups is 1. The smallest absolute Gasteiger partial charge is 0.223 e. The molecule has 0 aromatic heterocycles. The Morgan fingerprint density at radius 2 is 1.85 bits per heavy atom. The molecule has 2 aliphatic heterocycles. The third-order valence-corrected chi connectivity index (χ3v) is 4.97. The fourth-order valence-electron chi connectivity index (χ4n) is 2.48. The molecular formula is C12H22N2O5S. The second-order valence-corrected chi connectivity index (χ2v) is 7.17. The van der Waals surface area contributed by atoms with Crippen molar-refractivity contribution in [3.8, 4) is 0 Å². The van der Waals surface area contributed by atoms with Crippen LogP contribution in [0.2, 0.25) is 0 Å². The third-order valence-electron chi connectivity index (χ3n) is 3.66. The van der Waals surface area contributed by atoms with Crippen LogP contribution in [0.1, 0.15) is 19.3 Å². The molecule has 0 saturated carbocycles. The first-order valence-electron chi connectivity index (χ1n) is 6.93. The molecule has 0 aliphatic carbocycles. The molecule has 0 bridgehead atoms. The molecule has 2 rings (SSSR count). The van der Waals surface area contributed by atoms with Crippen LogP contribution in [0.15, 0.2) is 0 Å². The molecule has 0 atom stereocenters. The summed E-state index contributed by atoms with van der Waals surface area (Å²) in [7, 11) is -3.13. The molecule has 7 nitrogen and oxygen atoms in total. The van der Waals surface area contributed by atoms with Crippen molar-refractivity contribution in [3.05, 3.63) is 0 Å². The summed E-state index contributed by atoms with van der Waals surface area (Å²) in [6.45, 7) is 2.60. The third kappa shape index (κ3) is 4.41. The average molecular weight is 306 g/mol. The zero-order chi connectivity index (χ0) is 14.6. The van der Waals surface area contributed by atoms with Crippen LogP contribution in [0.25, 0.3) is 0 Å². The Morgan fingerprint density at radius 3 is 2.40 bits per heavy atom. The second kappa shape index (κ2) is 6.84. The Balaban J connectivity index is 1.66. The Bertz CT molecular complexity index is 425. The van der Waals surface area contributed by atoms with Gasteiger partial charge in [0.2, 0.25) is 15.9 Å². The predicted molar refractivity (Wildman–Crippen MR) is 72.5 cm³/mol. The Hall–Kier alpha value is -0.700. The summed E-state index contributed by atoms with van der Waals surface area (Å²) in [5.74, 6) is -0.102. The van der Waals surface area contributed by atoms with Crippen LogP contribution in [0.3, 0.4) is 0 Å². The van der Waals surface area contributed by atoms with Gasteiger partial charge in [-0.25, -0.2) is 12.7 Å². The molecule has 0 aromatic rings. The normalized spacial score (nSPS) is 23.1. The highest BCUT2D eigenvalue weighted by molar-refractivity contribution is 7.88. The lowest BCUT2D eigenvalue weighted by atomic mass is 9.97. The molecule has 2 aliphatic rings. The molecule has 2 heterocycles. The second-order valence-electron chi connectivity index (χ2n) is 5.19. The van der Waals surface area contributed by atoms with Crippen LogP contribution in [0.4, 0.5) is 0 Å². The molecular weight excluding hydrogens is 284 g/mol. The molecule has 2 fully saturated rings. The van der Waals surface area contributed by atoms with Crippen molar-refractivity contribution in [2.24, 2.45) is 5.92 Å². The van der Waals surface area contributed by atoms with E-state index in [-0.39, 0.29) is 18.1 Å². The largest absolute Gasteiger partial charge is 0.356 e. The van der Waals surface area contributed by atoms with Gasteiger partial charge in [0.25, 0.3) is 0 Å². The van der Waals surface area contributed by atoms with Gasteiger partial charge in [-0.2, -0.15) is 0 Å². The van der Waals surface area contributed by atoms with Crippen molar-refractivity contribution in [2.75, 3.05) is 39.1 Å². The molecule has 0 spiro atoms. The summed E-state index contributed by atoms with van der Waals surface area (Å²) in [5.41, 5.74) is 0. The van der Waals surface area contributed by atoms with Crippen molar-refractivity contribution in [1.29, 1.82) is 0 Å². The SMILES string of the molecule is CS(=O)(=O)N1CCC(C(=O)NCCC2OCCO2)CC1. The molecule has 20 heavy (non-hydrogen) atoms. The van der Waals surface area contributed by atoms with Gasteiger partial charge in [0.1, 0.15) is 0 Å². The number of hydrogen-bond donors (Lipinski definition) is 1. The number of hydrogen-bond acceptors (Lipinski definition) is 5. The van der Waals surface area contributed by atoms with Crippen molar-refractivity contribution < 1.29 is 22.7 Å². The van der Waals surface area contributed by atoms with Crippen LogP contribution < -0.4 is 5.32 Å². The Labute approximate surface area is 119 Å². The number of piperidine rings is 1. The number of sulfonamides is 1. The van der Waals surface area contributed by atoms with E-state index < -0.39 is 10.0 Å². The minimum atomic E-state index is -3.13. The minimum absolute atomic E-state index is 0.00357. The lowest BCUT2D eigenvalue weighted by Gasteiger charge is -2.29. The van der Waals surface area contributed by atoms with Crippen molar-refractivity contribution >= 4 is 15.9 Å². The lowest BCUT2D eigenvalue weighted by molar-refractivity contribution is -0.126. The average Bonchev–Trinajstić information content (AvgIpc) is 2.91. The van der Waals surface area contributed by atoms with Crippen LogP contribution in [-0.4, -0.2) is 64.0 Å². The van der Waals surface area contributed by atoms with E-state index in [1.54, 1.807) is 0 Å². The molecule has 1 amide bonds. The van der Waals surface area contributed by atoms with E-state index in [0.29, 0.717) is 52.1 Å². The first-order chi connectivity index (χ1) is 9.47. The van der Waals surface area contributed by atoms with Gasteiger partial charge in [-0.1, -0.05) is 0 Å². The van der Waals surface area contributed by atoms with Crippen molar-refractivity contribution in [3.63, 3.8) is 0 Å². The summed E-state index contributed by atoms with van der Waals surface area (Å²) in [4.78, 5) is 12.0. The number of ether oxygens (including phenoxy) is 2. The minimum Gasteiger partial charge on any atom is -0.356 e. The summed E-state index contributed by atoms with van der Waals surface area (Å²) in [6, 6.07) is 0. The number of rotatable bonds is 5. The Kier molecular flexibility index (Phi) is 5.36. The van der Waals surface area contributed by atoms with Crippen molar-refractivity contribution in [1.82, 2.24) is 9.62 Å². The van der Waals surface area contributed by atoms with E-state index >= 15 is 0 Å². The van der Waals surface area contributed by atoms with Gasteiger partial charge >= 0.3 is 0 Å². The summed E-state index contributed by atoms with van der Waals surface area (Å²) in [6.07, 6.45) is 2.80. The Morgan fingerprint density at radius 1 is 1.25 bits per heavy atom. The fourth-order valence-corrected chi connectivity index (χ4v) is 3.36. The highest BCUT2D eigenvalue weighted by Crippen LogP contribution is 2.19. The fraction of sp³-hybridized carbons (Fsp3) is 0.917. The maximum atomic E-state index is 12.0. The number of nitrogens with zero attached hydrogens (tertiary/aromatic N) is 1. The zero-order valence-electron chi connectivity index (χ0n) is 11.7. The number of carbonyl (C=O) groups excluding carboxylic acids is 1. The lowest BCUT2D eigenvalue weighted by Crippen LogP contribution is -2.43. The molecule has 2 saturated heterocycles. The standard InChI is InChI=1S/C12H22N2O5S/c1-20(16,17)14-6-3-10(4-7-14)12(15)13-5-2-11-18-8-9-19-11/h10-11H,2-9H2,1H3,(H,13,15). The monoisotopic (exact) mass is 306 g/mol. The van der Waals surface area contributed by atoms with E-state index in [0.717, 1.165) is 0 Å². The van der Waals surface area contributed by atoms with Gasteiger partial charge in [0.05, 0.1) is 19.5 Å². The van der Waals surface area contributed by atoms with E-state index in [4.69, 9.17) is 9.47 Å². The van der Waals surface area contributed by atoms with Gasteiger partial charge in [0.15, 0.2) is 6.29 Å². The first kappa shape index (κ1) is 15.7. The number of amides is 1. The number of nitrogens with one attached hydrogen (secondary N) is 1. The van der Waals surface area contributed by atoms with Crippen LogP contribution in [0.5, 0.6) is 0 Å². The molecule has 1 N–H and O–H groups in total. The molecule has 0 unspecified atom stereocenters. The summed E-state index contributed by atoms with van der Waals surface area (Å²) >= 11 is 0. The van der Waals surface area contributed by atoms with E-state index in [9.17, 15) is 13.2 Å². The zero-order valence-corrected chi connectivity index (χ0v) is 12.5. The first-order valence-corrected chi connectivity index (χ1v) is 8.77. The van der Waals surface area contributed by atoms with Gasteiger partial charge < -0.3 is 14.8 Å². The quantitative estimate of drug-likeness (QED) is 0.743. The van der Waals surface area contributed by atoms with E-state index in [2.05, 4.69) is 5.32 Å². The van der Waals surface area contributed by atoms with E-state index in [1.165, 1.54) is 10.6 Å². The maximum absolute atomic E-state index is 12.0.